The van der Waals surface area contributed by atoms with Crippen molar-refractivity contribution in [3.8, 4) is 0 Å². The van der Waals surface area contributed by atoms with E-state index in [1.807, 2.05) is 26.2 Å². The van der Waals surface area contributed by atoms with Crippen LogP contribution in [0.25, 0.3) is 0 Å². The molecule has 170 valence electrons. The van der Waals surface area contributed by atoms with Crippen molar-refractivity contribution in [3.63, 3.8) is 0 Å². The van der Waals surface area contributed by atoms with Crippen LogP contribution in [0.2, 0.25) is 0 Å². The molecule has 1 aliphatic heterocycles. The molecule has 3 atom stereocenters. The highest BCUT2D eigenvalue weighted by Crippen LogP contribution is 2.53. The topological polar surface area (TPSA) is 90.0 Å². The third kappa shape index (κ3) is 4.05. The average Bonchev–Trinajstić information content (AvgIpc) is 3.68. The van der Waals surface area contributed by atoms with Gasteiger partial charge in [0.15, 0.2) is 5.82 Å². The quantitative estimate of drug-likeness (QED) is 0.583. The molecule has 3 heterocycles. The lowest BCUT2D eigenvalue weighted by atomic mass is 10.1. The fourth-order valence-electron chi connectivity index (χ4n) is 5.07. The van der Waals surface area contributed by atoms with Crippen LogP contribution >= 0.6 is 0 Å². The van der Waals surface area contributed by atoms with Crippen LogP contribution in [0.5, 0.6) is 0 Å². The molecule has 6 rings (SSSR count). The molecule has 0 bridgehead atoms. The molecule has 1 aromatic carbocycles. The van der Waals surface area contributed by atoms with Crippen LogP contribution < -0.4 is 10.2 Å². The molecule has 0 spiro atoms. The number of fused-ring (bicyclic) bond motifs is 1. The zero-order chi connectivity index (χ0) is 22.5. The summed E-state index contributed by atoms with van der Waals surface area (Å²) in [5.74, 6) is 4.11. The molecule has 33 heavy (non-hydrogen) atoms. The van der Waals surface area contributed by atoms with Crippen molar-refractivity contribution in [2.24, 2.45) is 17.8 Å². The number of nitrogens with one attached hydrogen (secondary N) is 2. The summed E-state index contributed by atoms with van der Waals surface area (Å²) in [4.78, 5) is 26.1. The van der Waals surface area contributed by atoms with Gasteiger partial charge in [-0.3, -0.25) is 9.89 Å². The number of hydrogen-bond acceptors (Lipinski definition) is 6. The number of carbonyl (C=O) groups excluding carboxylic acids is 1. The van der Waals surface area contributed by atoms with Crippen molar-refractivity contribution in [1.82, 2.24) is 25.1 Å². The molecule has 3 aliphatic rings. The van der Waals surface area contributed by atoms with Gasteiger partial charge in [-0.1, -0.05) is 30.3 Å². The number of rotatable bonds is 7. The fourth-order valence-corrected chi connectivity index (χ4v) is 5.07. The molecule has 2 saturated carbocycles. The first-order chi connectivity index (χ1) is 16.0. The highest BCUT2D eigenvalue weighted by Gasteiger charge is 2.60. The molecule has 3 fully saturated rings. The zero-order valence-electron chi connectivity index (χ0n) is 19.0. The van der Waals surface area contributed by atoms with Crippen LogP contribution in [0.1, 0.15) is 35.7 Å². The minimum atomic E-state index is 0.159. The van der Waals surface area contributed by atoms with Crippen LogP contribution in [0, 0.1) is 17.8 Å². The molecular weight excluding hydrogens is 414 g/mol. The van der Waals surface area contributed by atoms with Gasteiger partial charge in [0.1, 0.15) is 5.82 Å². The molecule has 2 aromatic heterocycles. The fraction of sp³-hybridized carbons (Fsp3) is 0.440. The molecule has 8 heteroatoms. The first-order valence-corrected chi connectivity index (χ1v) is 11.8. The van der Waals surface area contributed by atoms with E-state index < -0.39 is 0 Å². The van der Waals surface area contributed by atoms with Gasteiger partial charge >= 0.3 is 0 Å². The predicted octanol–water partition coefficient (Wildman–Crippen LogP) is 3.18. The van der Waals surface area contributed by atoms with E-state index in [0.29, 0.717) is 17.8 Å². The van der Waals surface area contributed by atoms with Crippen molar-refractivity contribution in [2.45, 2.75) is 25.2 Å². The van der Waals surface area contributed by atoms with Gasteiger partial charge in [-0.05, 0) is 30.2 Å². The number of aromatic amines is 1. The van der Waals surface area contributed by atoms with Crippen molar-refractivity contribution < 1.29 is 4.79 Å². The highest BCUT2D eigenvalue weighted by molar-refractivity contribution is 5.82. The Hall–Kier alpha value is -3.42. The summed E-state index contributed by atoms with van der Waals surface area (Å²) in [5, 5.41) is 11.0. The second-order valence-corrected chi connectivity index (χ2v) is 9.81. The first kappa shape index (κ1) is 20.2. The molecule has 1 saturated heterocycles. The van der Waals surface area contributed by atoms with Gasteiger partial charge < -0.3 is 15.1 Å². The average molecular weight is 444 g/mol. The minimum absolute atomic E-state index is 0.159. The Labute approximate surface area is 193 Å². The number of nitrogens with zero attached hydrogens (tertiary/aromatic N) is 5. The predicted molar refractivity (Wildman–Crippen MR) is 127 cm³/mol. The van der Waals surface area contributed by atoms with Crippen LogP contribution in [-0.4, -0.2) is 58.2 Å². The summed E-state index contributed by atoms with van der Waals surface area (Å²) < 4.78 is 0. The van der Waals surface area contributed by atoms with Crippen molar-refractivity contribution in [2.75, 3.05) is 37.4 Å². The van der Waals surface area contributed by atoms with Crippen molar-refractivity contribution >= 4 is 23.5 Å². The maximum atomic E-state index is 12.4. The van der Waals surface area contributed by atoms with Gasteiger partial charge in [-0.25, -0.2) is 4.98 Å². The van der Waals surface area contributed by atoms with Gasteiger partial charge in [0.25, 0.3) is 0 Å². The van der Waals surface area contributed by atoms with Gasteiger partial charge in [-0.15, -0.1) is 0 Å². The Kier molecular flexibility index (Phi) is 4.81. The largest absolute Gasteiger partial charge is 0.349 e. The van der Waals surface area contributed by atoms with E-state index in [0.717, 1.165) is 42.8 Å². The van der Waals surface area contributed by atoms with E-state index in [1.54, 1.807) is 4.90 Å². The number of hydrogen-bond donors (Lipinski definition) is 2. The number of amides is 1. The van der Waals surface area contributed by atoms with Gasteiger partial charge in [0, 0.05) is 63.3 Å². The summed E-state index contributed by atoms with van der Waals surface area (Å²) in [6.45, 7) is 1.66. The van der Waals surface area contributed by atoms with Crippen LogP contribution in [-0.2, 0) is 11.2 Å². The molecule has 3 aromatic rings. The Morgan fingerprint density at radius 2 is 1.85 bits per heavy atom. The van der Waals surface area contributed by atoms with Crippen molar-refractivity contribution in [1.29, 1.82) is 0 Å². The Morgan fingerprint density at radius 3 is 2.55 bits per heavy atom. The molecular formula is C25H29N7O. The lowest BCUT2D eigenvalue weighted by molar-refractivity contribution is -0.130. The van der Waals surface area contributed by atoms with E-state index in [-0.39, 0.29) is 11.8 Å². The Bertz CT molecular complexity index is 1160. The number of benzene rings is 1. The number of H-pyrrole nitrogens is 1. The lowest BCUT2D eigenvalue weighted by Gasteiger charge is -2.22. The van der Waals surface area contributed by atoms with E-state index in [4.69, 9.17) is 9.97 Å². The molecule has 1 amide bonds. The standard InChI is InChI=1S/C25H29N7O/c1-31(2)24(33)23-18-13-32(14-19(18)23)25-26-17(10-15-6-4-3-5-7-15)11-21(28-25)27-22-12-20(29-30-22)16-8-9-16/h3-7,11-12,16,18-19,23H,8-10,13-14H2,1-2H3,(H2,26,27,28,29,30)/t18-,19+,23+. The maximum absolute atomic E-state index is 12.4. The Morgan fingerprint density at radius 1 is 1.09 bits per heavy atom. The number of carbonyl (C=O) groups is 1. The third-order valence-corrected chi connectivity index (χ3v) is 7.07. The Balaban J connectivity index is 1.24. The second kappa shape index (κ2) is 7.86. The van der Waals surface area contributed by atoms with Crippen LogP contribution in [0.15, 0.2) is 42.5 Å². The molecule has 8 nitrogen and oxygen atoms in total. The van der Waals surface area contributed by atoms with E-state index >= 15 is 0 Å². The summed E-state index contributed by atoms with van der Waals surface area (Å²) in [7, 11) is 3.68. The highest BCUT2D eigenvalue weighted by atomic mass is 16.2. The maximum Gasteiger partial charge on any atom is 0.227 e. The van der Waals surface area contributed by atoms with Crippen molar-refractivity contribution in [3.05, 3.63) is 59.4 Å². The number of aromatic nitrogens is 4. The lowest BCUT2D eigenvalue weighted by Crippen LogP contribution is -2.32. The van der Waals surface area contributed by atoms with Gasteiger partial charge in [-0.2, -0.15) is 10.1 Å². The second-order valence-electron chi connectivity index (χ2n) is 9.81. The summed E-state index contributed by atoms with van der Waals surface area (Å²) in [5.41, 5.74) is 3.37. The minimum Gasteiger partial charge on any atom is -0.349 e. The summed E-state index contributed by atoms with van der Waals surface area (Å²) in [6.07, 6.45) is 3.20. The van der Waals surface area contributed by atoms with Gasteiger partial charge in [0.2, 0.25) is 11.9 Å². The first-order valence-electron chi connectivity index (χ1n) is 11.8. The monoisotopic (exact) mass is 443 g/mol. The molecule has 2 aliphatic carbocycles. The molecule has 0 radical (unpaired) electrons. The van der Waals surface area contributed by atoms with E-state index in [2.05, 4.69) is 50.7 Å². The molecule has 0 unspecified atom stereocenters. The number of piperidine rings is 1. The van der Waals surface area contributed by atoms with E-state index in [9.17, 15) is 4.79 Å². The normalized spacial score (nSPS) is 23.3. The van der Waals surface area contributed by atoms with Crippen LogP contribution in [0.4, 0.5) is 17.6 Å². The van der Waals surface area contributed by atoms with Crippen LogP contribution in [0.3, 0.4) is 0 Å². The smallest absolute Gasteiger partial charge is 0.227 e. The SMILES string of the molecule is CN(C)C(=O)[C@H]1[C@@H]2CN(c3nc(Cc4ccccc4)cc(Nc4cc(C5CC5)[nH]n4)n3)C[C@@H]21. The summed E-state index contributed by atoms with van der Waals surface area (Å²) >= 11 is 0. The zero-order valence-corrected chi connectivity index (χ0v) is 19.0. The molecule has 2 N–H and O–H groups in total. The third-order valence-electron chi connectivity index (χ3n) is 7.07. The van der Waals surface area contributed by atoms with E-state index in [1.165, 1.54) is 24.1 Å². The van der Waals surface area contributed by atoms with Gasteiger partial charge in [0.05, 0.1) is 5.69 Å². The summed E-state index contributed by atoms with van der Waals surface area (Å²) in [6, 6.07) is 14.5. The number of anilines is 3.